The summed E-state index contributed by atoms with van der Waals surface area (Å²) < 4.78 is 8.78. The number of nitrogens with one attached hydrogen (secondary N) is 1. The van der Waals surface area contributed by atoms with Crippen LogP contribution < -0.4 is 16.0 Å². The lowest BCUT2D eigenvalue weighted by Gasteiger charge is -2.27. The van der Waals surface area contributed by atoms with Crippen LogP contribution in [0.3, 0.4) is 0 Å². The minimum absolute atomic E-state index is 0.0735. The number of nitrogens with zero attached hydrogens (tertiary/aromatic N) is 4. The molecule has 1 atom stereocenters. The van der Waals surface area contributed by atoms with Crippen LogP contribution in [0.15, 0.2) is 27.8 Å². The van der Waals surface area contributed by atoms with Crippen LogP contribution in [0, 0.1) is 0 Å². The first-order chi connectivity index (χ1) is 15.8. The number of H-pyrrole nitrogens is 1. The first kappa shape index (κ1) is 21.8. The van der Waals surface area contributed by atoms with E-state index in [-0.39, 0.29) is 11.5 Å². The normalized spacial score (nSPS) is 20.2. The number of benzene rings is 1. The minimum Gasteiger partial charge on any atom is -0.471 e. The van der Waals surface area contributed by atoms with Crippen LogP contribution in [0.4, 0.5) is 0 Å². The Morgan fingerprint density at radius 1 is 1.21 bits per heavy atom. The fraction of sp³-hybridized carbons (Fsp3) is 0.478. The van der Waals surface area contributed by atoms with E-state index in [1.54, 1.807) is 13.1 Å². The van der Waals surface area contributed by atoms with Crippen molar-refractivity contribution < 1.29 is 9.53 Å². The number of halogens is 1. The Morgan fingerprint density at radius 3 is 2.85 bits per heavy atom. The lowest BCUT2D eigenvalue weighted by atomic mass is 9.90. The summed E-state index contributed by atoms with van der Waals surface area (Å²) in [6.07, 6.45) is 3.47. The van der Waals surface area contributed by atoms with Gasteiger partial charge in [0.1, 0.15) is 11.4 Å². The molecule has 2 aliphatic rings. The Morgan fingerprint density at radius 2 is 2.03 bits per heavy atom. The van der Waals surface area contributed by atoms with E-state index in [1.807, 2.05) is 17.0 Å². The van der Waals surface area contributed by atoms with E-state index in [4.69, 9.17) is 16.3 Å². The molecule has 3 aromatic rings. The monoisotopic (exact) mass is 471 g/mol. The molecule has 5 rings (SSSR count). The third kappa shape index (κ3) is 3.84. The lowest BCUT2D eigenvalue weighted by molar-refractivity contribution is -0.131. The molecule has 1 saturated heterocycles. The molecule has 33 heavy (non-hydrogen) atoms. The van der Waals surface area contributed by atoms with Gasteiger partial charge in [0.2, 0.25) is 11.8 Å². The van der Waals surface area contributed by atoms with Gasteiger partial charge in [0.25, 0.3) is 5.56 Å². The molecule has 1 N–H and O–H groups in total. The molecule has 0 saturated carbocycles. The van der Waals surface area contributed by atoms with Gasteiger partial charge in [-0.15, -0.1) is 0 Å². The van der Waals surface area contributed by atoms with Gasteiger partial charge >= 0.3 is 5.69 Å². The molecule has 0 bridgehead atoms. The number of carbonyl (C=O) groups excluding carboxylic acids is 1. The molecule has 174 valence electrons. The predicted octanol–water partition coefficient (Wildman–Crippen LogP) is 1.93. The first-order valence-electron chi connectivity index (χ1n) is 11.2. The molecule has 2 aromatic heterocycles. The summed E-state index contributed by atoms with van der Waals surface area (Å²) in [6, 6.07) is 5.48. The van der Waals surface area contributed by atoms with Crippen LogP contribution in [0.5, 0.6) is 5.88 Å². The van der Waals surface area contributed by atoms with Crippen LogP contribution in [0.1, 0.15) is 37.1 Å². The van der Waals surface area contributed by atoms with Crippen LogP contribution in [0.25, 0.3) is 11.0 Å². The summed E-state index contributed by atoms with van der Waals surface area (Å²) in [5.41, 5.74) is 0.998. The summed E-state index contributed by atoms with van der Waals surface area (Å²) in [7, 11) is 3.11. The van der Waals surface area contributed by atoms with E-state index in [0.717, 1.165) is 34.3 Å². The highest BCUT2D eigenvalue weighted by Crippen LogP contribution is 2.38. The quantitative estimate of drug-likeness (QED) is 0.629. The number of hydrogen-bond acceptors (Lipinski definition) is 5. The van der Waals surface area contributed by atoms with Crippen molar-refractivity contribution in [3.8, 4) is 5.88 Å². The lowest BCUT2D eigenvalue weighted by Crippen LogP contribution is -2.38. The zero-order valence-corrected chi connectivity index (χ0v) is 19.4. The maximum Gasteiger partial charge on any atom is 0.333 e. The highest BCUT2D eigenvalue weighted by Gasteiger charge is 2.44. The third-order valence-corrected chi connectivity index (χ3v) is 7.07. The molecule has 4 heterocycles. The van der Waals surface area contributed by atoms with E-state index >= 15 is 0 Å². The van der Waals surface area contributed by atoms with Crippen molar-refractivity contribution in [3.63, 3.8) is 0 Å². The van der Waals surface area contributed by atoms with E-state index < -0.39 is 11.3 Å². The molecule has 2 aliphatic heterocycles. The molecule has 0 aliphatic carbocycles. The zero-order valence-electron chi connectivity index (χ0n) is 18.7. The van der Waals surface area contributed by atoms with Crippen molar-refractivity contribution in [1.29, 1.82) is 0 Å². The number of aryl methyl sites for hydroxylation is 1. The first-order valence-corrected chi connectivity index (χ1v) is 11.5. The number of imidazole rings is 1. The summed E-state index contributed by atoms with van der Waals surface area (Å²) >= 11 is 6.03. The summed E-state index contributed by atoms with van der Waals surface area (Å²) in [4.78, 5) is 47.5. The topological polar surface area (TPSA) is 102 Å². The van der Waals surface area contributed by atoms with E-state index in [9.17, 15) is 14.4 Å². The third-order valence-electron chi connectivity index (χ3n) is 6.83. The maximum atomic E-state index is 12.9. The largest absolute Gasteiger partial charge is 0.471 e. The number of likely N-dealkylation sites (tertiary alicyclic amines) is 1. The fourth-order valence-electron chi connectivity index (χ4n) is 4.97. The van der Waals surface area contributed by atoms with E-state index in [0.29, 0.717) is 55.2 Å². The Bertz CT molecular complexity index is 1370. The second-order valence-corrected chi connectivity index (χ2v) is 9.47. The Hall–Kier alpha value is -3.07. The number of ether oxygens (including phenoxy) is 1. The maximum absolute atomic E-state index is 12.9. The van der Waals surface area contributed by atoms with E-state index in [1.165, 1.54) is 11.6 Å². The molecule has 1 spiro atoms. The molecule has 1 fully saturated rings. The Kier molecular flexibility index (Phi) is 5.31. The second kappa shape index (κ2) is 8.06. The number of rotatable bonds is 3. The summed E-state index contributed by atoms with van der Waals surface area (Å²) in [5, 5.41) is 0.640. The molecule has 1 aromatic carbocycles. The van der Waals surface area contributed by atoms with E-state index in [2.05, 4.69) is 9.97 Å². The van der Waals surface area contributed by atoms with Crippen molar-refractivity contribution in [2.75, 3.05) is 13.1 Å². The number of amides is 1. The standard InChI is InChI=1S/C23H26ClN5O4/c1-27-20(31)15-13-23(33-21(15)28(2)22(27)32)8-3-10-29(11-9-23)19(30)7-6-18-25-16-5-4-14(24)12-17(16)26-18/h4-5,12H,3,6-11,13H2,1-2H3,(H,25,26)/t23-/m0/s1. The van der Waals surface area contributed by atoms with Crippen molar-refractivity contribution in [2.45, 2.75) is 44.1 Å². The fourth-order valence-corrected chi connectivity index (χ4v) is 5.14. The second-order valence-electron chi connectivity index (χ2n) is 9.03. The molecular weight excluding hydrogens is 446 g/mol. The molecular formula is C23H26ClN5O4. The van der Waals surface area contributed by atoms with Gasteiger partial charge in [-0.05, 0) is 31.0 Å². The zero-order chi connectivity index (χ0) is 23.3. The summed E-state index contributed by atoms with van der Waals surface area (Å²) in [5.74, 6) is 1.20. The van der Waals surface area contributed by atoms with Crippen molar-refractivity contribution in [3.05, 3.63) is 55.4 Å². The van der Waals surface area contributed by atoms with Gasteiger partial charge in [0, 0.05) is 57.9 Å². The van der Waals surface area contributed by atoms with Crippen LogP contribution in [-0.2, 0) is 31.7 Å². The van der Waals surface area contributed by atoms with Crippen LogP contribution in [0.2, 0.25) is 5.02 Å². The van der Waals surface area contributed by atoms with Gasteiger partial charge in [-0.3, -0.25) is 18.7 Å². The highest BCUT2D eigenvalue weighted by molar-refractivity contribution is 6.31. The SMILES string of the molecule is Cn1c2c(c(=O)n(C)c1=O)C[C@@]1(CCCN(C(=O)CCc3nc4ccc(Cl)cc4[nH]3)CC1)O2. The molecule has 0 radical (unpaired) electrons. The van der Waals surface area contributed by atoms with Crippen molar-refractivity contribution >= 4 is 28.5 Å². The van der Waals surface area contributed by atoms with Crippen LogP contribution in [-0.4, -0.2) is 48.6 Å². The number of fused-ring (bicyclic) bond motifs is 2. The molecule has 9 nitrogen and oxygen atoms in total. The van der Waals surface area contributed by atoms with Gasteiger partial charge in [-0.2, -0.15) is 0 Å². The van der Waals surface area contributed by atoms with Gasteiger partial charge in [0.05, 0.1) is 16.6 Å². The summed E-state index contributed by atoms with van der Waals surface area (Å²) in [6.45, 7) is 1.20. The van der Waals surface area contributed by atoms with Gasteiger partial charge in [-0.1, -0.05) is 11.6 Å². The van der Waals surface area contributed by atoms with Crippen molar-refractivity contribution in [1.82, 2.24) is 24.0 Å². The molecule has 0 unspecified atom stereocenters. The number of carbonyl (C=O) groups is 1. The number of aromatic nitrogens is 4. The molecule has 1 amide bonds. The van der Waals surface area contributed by atoms with Crippen LogP contribution >= 0.6 is 11.6 Å². The molecule has 10 heteroatoms. The predicted molar refractivity (Wildman–Crippen MR) is 124 cm³/mol. The average molecular weight is 472 g/mol. The van der Waals surface area contributed by atoms with Gasteiger partial charge in [-0.25, -0.2) is 9.78 Å². The number of aromatic amines is 1. The average Bonchev–Trinajstić information content (AvgIpc) is 3.31. The van der Waals surface area contributed by atoms with Crippen molar-refractivity contribution in [2.24, 2.45) is 14.1 Å². The minimum atomic E-state index is -0.549. The van der Waals surface area contributed by atoms with Gasteiger partial charge in [0.15, 0.2) is 0 Å². The highest BCUT2D eigenvalue weighted by atomic mass is 35.5. The smallest absolute Gasteiger partial charge is 0.333 e. The number of hydrogen-bond donors (Lipinski definition) is 1. The van der Waals surface area contributed by atoms with Gasteiger partial charge < -0.3 is 14.6 Å². The Balaban J connectivity index is 1.25. The Labute approximate surface area is 194 Å².